The summed E-state index contributed by atoms with van der Waals surface area (Å²) in [5.74, 6) is 0.218. The van der Waals surface area contributed by atoms with Gasteiger partial charge < -0.3 is 11.1 Å². The number of carbonyl (C=O) groups excluding carboxylic acids is 1. The molecule has 2 unspecified atom stereocenters. The van der Waals surface area contributed by atoms with E-state index in [9.17, 15) is 4.79 Å². The Morgan fingerprint density at radius 3 is 2.53 bits per heavy atom. The third-order valence-electron chi connectivity index (χ3n) is 3.19. The van der Waals surface area contributed by atoms with Gasteiger partial charge in [-0.05, 0) is 24.8 Å². The molecule has 0 radical (unpaired) electrons. The van der Waals surface area contributed by atoms with Gasteiger partial charge in [-0.3, -0.25) is 4.79 Å². The number of hydrogen-bond acceptors (Lipinski definition) is 2. The molecule has 0 aliphatic rings. The summed E-state index contributed by atoms with van der Waals surface area (Å²) in [7, 11) is 0. The molecule has 0 aromatic heterocycles. The first-order chi connectivity index (χ1) is 7.97. The van der Waals surface area contributed by atoms with E-state index in [1.54, 1.807) is 6.92 Å². The van der Waals surface area contributed by atoms with Crippen LogP contribution in [0.15, 0.2) is 30.3 Å². The van der Waals surface area contributed by atoms with Crippen LogP contribution in [0.3, 0.4) is 0 Å². The molecule has 0 bridgehead atoms. The fourth-order valence-electron chi connectivity index (χ4n) is 1.51. The van der Waals surface area contributed by atoms with Gasteiger partial charge in [0.2, 0.25) is 5.91 Å². The Hall–Kier alpha value is -1.35. The molecule has 0 fully saturated rings. The average Bonchev–Trinajstić information content (AvgIpc) is 2.36. The van der Waals surface area contributed by atoms with Crippen molar-refractivity contribution in [3.63, 3.8) is 0 Å². The van der Waals surface area contributed by atoms with Crippen LogP contribution in [-0.2, 0) is 4.79 Å². The van der Waals surface area contributed by atoms with Gasteiger partial charge in [-0.25, -0.2) is 0 Å². The van der Waals surface area contributed by atoms with Crippen molar-refractivity contribution in [2.24, 2.45) is 5.73 Å². The molecular formula is C14H22N2O. The highest BCUT2D eigenvalue weighted by molar-refractivity contribution is 5.85. The topological polar surface area (TPSA) is 55.1 Å². The van der Waals surface area contributed by atoms with E-state index < -0.39 is 5.54 Å². The molecule has 0 aliphatic carbocycles. The summed E-state index contributed by atoms with van der Waals surface area (Å²) >= 11 is 0. The molecule has 1 amide bonds. The Balaban J connectivity index is 2.49. The van der Waals surface area contributed by atoms with Crippen LogP contribution in [0.1, 0.15) is 38.7 Å². The zero-order valence-corrected chi connectivity index (χ0v) is 10.9. The predicted molar refractivity (Wildman–Crippen MR) is 70.8 cm³/mol. The minimum Gasteiger partial charge on any atom is -0.354 e. The van der Waals surface area contributed by atoms with Crippen LogP contribution in [0.5, 0.6) is 0 Å². The minimum absolute atomic E-state index is 0.0808. The molecule has 0 saturated heterocycles. The SMILES string of the molecule is CCC(C)(N)C(=O)NCC(C)c1ccccc1. The zero-order valence-electron chi connectivity index (χ0n) is 10.9. The lowest BCUT2D eigenvalue weighted by Crippen LogP contribution is -2.51. The Morgan fingerprint density at radius 1 is 1.41 bits per heavy atom. The zero-order chi connectivity index (χ0) is 12.9. The number of rotatable bonds is 5. The number of amides is 1. The van der Waals surface area contributed by atoms with Gasteiger partial charge in [0, 0.05) is 6.54 Å². The van der Waals surface area contributed by atoms with Crippen LogP contribution in [0, 0.1) is 0 Å². The van der Waals surface area contributed by atoms with Gasteiger partial charge in [0.1, 0.15) is 0 Å². The smallest absolute Gasteiger partial charge is 0.239 e. The first kappa shape index (κ1) is 13.7. The maximum absolute atomic E-state index is 11.8. The molecule has 0 saturated carbocycles. The van der Waals surface area contributed by atoms with Crippen LogP contribution in [0.4, 0.5) is 0 Å². The Bertz CT molecular complexity index is 360. The van der Waals surface area contributed by atoms with Crippen molar-refractivity contribution in [3.8, 4) is 0 Å². The second kappa shape index (κ2) is 5.82. The van der Waals surface area contributed by atoms with Gasteiger partial charge in [0.15, 0.2) is 0 Å². The highest BCUT2D eigenvalue weighted by atomic mass is 16.2. The normalized spacial score (nSPS) is 16.0. The second-order valence-electron chi connectivity index (χ2n) is 4.79. The number of hydrogen-bond donors (Lipinski definition) is 2. The molecule has 1 aromatic rings. The van der Waals surface area contributed by atoms with Gasteiger partial charge >= 0.3 is 0 Å². The molecule has 94 valence electrons. The van der Waals surface area contributed by atoms with E-state index in [-0.39, 0.29) is 5.91 Å². The first-order valence-electron chi connectivity index (χ1n) is 6.09. The summed E-state index contributed by atoms with van der Waals surface area (Å²) in [4.78, 5) is 11.8. The molecule has 0 heterocycles. The Labute approximate surface area is 103 Å². The molecule has 0 spiro atoms. The summed E-state index contributed by atoms with van der Waals surface area (Å²) in [6, 6.07) is 10.1. The third kappa shape index (κ3) is 3.86. The van der Waals surface area contributed by atoms with Crippen molar-refractivity contribution in [3.05, 3.63) is 35.9 Å². The molecule has 3 N–H and O–H groups in total. The number of benzene rings is 1. The van der Waals surface area contributed by atoms with Gasteiger partial charge in [0.25, 0.3) is 0 Å². The van der Waals surface area contributed by atoms with Crippen molar-refractivity contribution in [1.82, 2.24) is 5.32 Å². The van der Waals surface area contributed by atoms with E-state index in [0.717, 1.165) is 0 Å². The van der Waals surface area contributed by atoms with E-state index >= 15 is 0 Å². The minimum atomic E-state index is -0.767. The lowest BCUT2D eigenvalue weighted by atomic mass is 9.98. The molecule has 17 heavy (non-hydrogen) atoms. The maximum atomic E-state index is 11.8. The fourth-order valence-corrected chi connectivity index (χ4v) is 1.51. The maximum Gasteiger partial charge on any atom is 0.239 e. The Kier molecular flexibility index (Phi) is 4.70. The van der Waals surface area contributed by atoms with Crippen molar-refractivity contribution in [1.29, 1.82) is 0 Å². The van der Waals surface area contributed by atoms with Crippen LogP contribution >= 0.6 is 0 Å². The predicted octanol–water partition coefficient (Wildman–Crippen LogP) is 2.03. The molecule has 3 nitrogen and oxygen atoms in total. The van der Waals surface area contributed by atoms with Gasteiger partial charge in [-0.15, -0.1) is 0 Å². The van der Waals surface area contributed by atoms with E-state index in [0.29, 0.717) is 18.9 Å². The van der Waals surface area contributed by atoms with Crippen molar-refractivity contribution < 1.29 is 4.79 Å². The summed E-state index contributed by atoms with van der Waals surface area (Å²) in [6.45, 7) is 6.39. The highest BCUT2D eigenvalue weighted by Gasteiger charge is 2.25. The lowest BCUT2D eigenvalue weighted by molar-refractivity contribution is -0.125. The van der Waals surface area contributed by atoms with Crippen LogP contribution in [0.2, 0.25) is 0 Å². The van der Waals surface area contributed by atoms with E-state index in [2.05, 4.69) is 24.4 Å². The number of nitrogens with one attached hydrogen (secondary N) is 1. The molecule has 1 aromatic carbocycles. The van der Waals surface area contributed by atoms with E-state index in [1.165, 1.54) is 5.56 Å². The molecular weight excluding hydrogens is 212 g/mol. The summed E-state index contributed by atoms with van der Waals surface area (Å²) in [6.07, 6.45) is 0.637. The van der Waals surface area contributed by atoms with Crippen LogP contribution in [0.25, 0.3) is 0 Å². The number of nitrogens with two attached hydrogens (primary N) is 1. The van der Waals surface area contributed by atoms with E-state index in [1.807, 2.05) is 25.1 Å². The van der Waals surface area contributed by atoms with Gasteiger partial charge in [-0.1, -0.05) is 44.2 Å². The summed E-state index contributed by atoms with van der Waals surface area (Å²) in [5, 5.41) is 2.91. The molecule has 2 atom stereocenters. The molecule has 0 aliphatic heterocycles. The quantitative estimate of drug-likeness (QED) is 0.819. The average molecular weight is 234 g/mol. The standard InChI is InChI=1S/C14H22N2O/c1-4-14(3,15)13(17)16-10-11(2)12-8-6-5-7-9-12/h5-9,11H,4,10,15H2,1-3H3,(H,16,17). The highest BCUT2D eigenvalue weighted by Crippen LogP contribution is 2.13. The second-order valence-corrected chi connectivity index (χ2v) is 4.79. The van der Waals surface area contributed by atoms with Crippen LogP contribution < -0.4 is 11.1 Å². The lowest BCUT2D eigenvalue weighted by Gasteiger charge is -2.23. The first-order valence-corrected chi connectivity index (χ1v) is 6.09. The van der Waals surface area contributed by atoms with Crippen molar-refractivity contribution >= 4 is 5.91 Å². The number of carbonyl (C=O) groups is 1. The van der Waals surface area contributed by atoms with Gasteiger partial charge in [-0.2, -0.15) is 0 Å². The fraction of sp³-hybridized carbons (Fsp3) is 0.500. The third-order valence-corrected chi connectivity index (χ3v) is 3.19. The Morgan fingerprint density at radius 2 is 2.00 bits per heavy atom. The van der Waals surface area contributed by atoms with E-state index in [4.69, 9.17) is 5.73 Å². The van der Waals surface area contributed by atoms with Crippen molar-refractivity contribution in [2.75, 3.05) is 6.54 Å². The van der Waals surface area contributed by atoms with Crippen molar-refractivity contribution in [2.45, 2.75) is 38.6 Å². The molecule has 3 heteroatoms. The van der Waals surface area contributed by atoms with Gasteiger partial charge in [0.05, 0.1) is 5.54 Å². The summed E-state index contributed by atoms with van der Waals surface area (Å²) < 4.78 is 0. The largest absolute Gasteiger partial charge is 0.354 e. The molecule has 1 rings (SSSR count). The van der Waals surface area contributed by atoms with Crippen LogP contribution in [-0.4, -0.2) is 18.0 Å². The monoisotopic (exact) mass is 234 g/mol. The summed E-state index contributed by atoms with van der Waals surface area (Å²) in [5.41, 5.74) is 6.33.